The Morgan fingerprint density at radius 3 is 2.61 bits per heavy atom. The fourth-order valence-electron chi connectivity index (χ4n) is 3.11. The lowest BCUT2D eigenvalue weighted by molar-refractivity contribution is -0.144. The lowest BCUT2D eigenvalue weighted by Crippen LogP contribution is -2.49. The molecule has 1 amide bonds. The molecular formula is C17H19N3O3. The van der Waals surface area contributed by atoms with Crippen LogP contribution in [0, 0.1) is 5.92 Å². The maximum atomic E-state index is 12.7. The van der Waals surface area contributed by atoms with Crippen molar-refractivity contribution in [3.8, 4) is 5.69 Å². The van der Waals surface area contributed by atoms with E-state index < -0.39 is 11.9 Å². The van der Waals surface area contributed by atoms with Crippen LogP contribution in [0.5, 0.6) is 0 Å². The van der Waals surface area contributed by atoms with Gasteiger partial charge in [-0.25, -0.2) is 4.98 Å². The maximum absolute atomic E-state index is 12.7. The highest BCUT2D eigenvalue weighted by Gasteiger charge is 2.35. The van der Waals surface area contributed by atoms with E-state index in [1.54, 1.807) is 29.6 Å². The molecule has 0 radical (unpaired) electrons. The molecule has 1 N–H and O–H groups in total. The van der Waals surface area contributed by atoms with Crippen molar-refractivity contribution in [1.82, 2.24) is 14.5 Å². The van der Waals surface area contributed by atoms with Crippen LogP contribution in [0.1, 0.15) is 30.1 Å². The van der Waals surface area contributed by atoms with Crippen molar-refractivity contribution >= 4 is 11.9 Å². The number of imidazole rings is 1. The van der Waals surface area contributed by atoms with Crippen LogP contribution in [0.3, 0.4) is 0 Å². The van der Waals surface area contributed by atoms with Gasteiger partial charge in [0.05, 0.1) is 12.2 Å². The summed E-state index contributed by atoms with van der Waals surface area (Å²) in [5.41, 5.74) is 1.50. The first-order valence-electron chi connectivity index (χ1n) is 7.70. The van der Waals surface area contributed by atoms with Crippen LogP contribution in [-0.4, -0.2) is 44.0 Å². The second kappa shape index (κ2) is 6.24. The van der Waals surface area contributed by atoms with Crippen molar-refractivity contribution in [2.45, 2.75) is 25.8 Å². The number of hydrogen-bond acceptors (Lipinski definition) is 3. The predicted octanol–water partition coefficient (Wildman–Crippen LogP) is 2.20. The third kappa shape index (κ3) is 2.97. The SMILES string of the molecule is C[C@@H]1[C@H](C(=O)O)CCCN1C(=O)c1ccc(-n2ccnc2)cc1. The van der Waals surface area contributed by atoms with Crippen LogP contribution in [0.25, 0.3) is 5.69 Å². The lowest BCUT2D eigenvalue weighted by Gasteiger charge is -2.37. The Balaban J connectivity index is 1.78. The fourth-order valence-corrected chi connectivity index (χ4v) is 3.11. The van der Waals surface area contributed by atoms with Crippen LogP contribution < -0.4 is 0 Å². The van der Waals surface area contributed by atoms with Gasteiger partial charge >= 0.3 is 5.97 Å². The second-order valence-electron chi connectivity index (χ2n) is 5.84. The van der Waals surface area contributed by atoms with Gasteiger partial charge in [0.2, 0.25) is 0 Å². The minimum Gasteiger partial charge on any atom is -0.481 e. The summed E-state index contributed by atoms with van der Waals surface area (Å²) in [6.45, 7) is 2.42. The standard InChI is InChI=1S/C17H19N3O3/c1-12-15(17(22)23)3-2-9-20(12)16(21)13-4-6-14(7-5-13)19-10-8-18-11-19/h4-8,10-12,15H,2-3,9H2,1H3,(H,22,23)/t12-,15-/m1/s1. The van der Waals surface area contributed by atoms with Gasteiger partial charge in [0.15, 0.2) is 0 Å². The average Bonchev–Trinajstić information content (AvgIpc) is 3.09. The molecule has 1 aliphatic heterocycles. The minimum atomic E-state index is -0.828. The molecule has 2 heterocycles. The van der Waals surface area contributed by atoms with Crippen molar-refractivity contribution in [2.75, 3.05) is 6.54 Å². The Hall–Kier alpha value is -2.63. The van der Waals surface area contributed by atoms with E-state index in [4.69, 9.17) is 0 Å². The van der Waals surface area contributed by atoms with E-state index in [-0.39, 0.29) is 11.9 Å². The third-order valence-corrected chi connectivity index (χ3v) is 4.48. The molecule has 120 valence electrons. The Morgan fingerprint density at radius 1 is 1.26 bits per heavy atom. The monoisotopic (exact) mass is 313 g/mol. The number of piperidine rings is 1. The molecule has 1 fully saturated rings. The first-order valence-corrected chi connectivity index (χ1v) is 7.70. The van der Waals surface area contributed by atoms with E-state index in [1.165, 1.54) is 0 Å². The number of carboxylic acids is 1. The van der Waals surface area contributed by atoms with Crippen molar-refractivity contribution in [1.29, 1.82) is 0 Å². The number of hydrogen-bond donors (Lipinski definition) is 1. The van der Waals surface area contributed by atoms with E-state index in [9.17, 15) is 14.7 Å². The van der Waals surface area contributed by atoms with E-state index >= 15 is 0 Å². The average molecular weight is 313 g/mol. The Labute approximate surface area is 134 Å². The van der Waals surface area contributed by atoms with Gasteiger partial charge in [0.25, 0.3) is 5.91 Å². The first kappa shape index (κ1) is 15.3. The van der Waals surface area contributed by atoms with Gasteiger partial charge in [-0.1, -0.05) is 0 Å². The van der Waals surface area contributed by atoms with Gasteiger partial charge < -0.3 is 14.6 Å². The summed E-state index contributed by atoms with van der Waals surface area (Å²) in [5, 5.41) is 9.27. The smallest absolute Gasteiger partial charge is 0.308 e. The van der Waals surface area contributed by atoms with E-state index in [1.807, 2.05) is 29.8 Å². The number of aromatic nitrogens is 2. The summed E-state index contributed by atoms with van der Waals surface area (Å²) >= 11 is 0. The molecule has 0 bridgehead atoms. The molecule has 2 aromatic rings. The van der Waals surface area contributed by atoms with Crippen LogP contribution in [-0.2, 0) is 4.79 Å². The molecule has 0 saturated carbocycles. The largest absolute Gasteiger partial charge is 0.481 e. The third-order valence-electron chi connectivity index (χ3n) is 4.48. The molecule has 0 spiro atoms. The molecule has 6 heteroatoms. The van der Waals surface area contributed by atoms with E-state index in [0.29, 0.717) is 18.5 Å². The van der Waals surface area contributed by atoms with E-state index in [0.717, 1.165) is 12.1 Å². The summed E-state index contributed by atoms with van der Waals surface area (Å²) in [7, 11) is 0. The highest BCUT2D eigenvalue weighted by Crippen LogP contribution is 2.25. The van der Waals surface area contributed by atoms with Crippen molar-refractivity contribution in [3.63, 3.8) is 0 Å². The Kier molecular flexibility index (Phi) is 4.14. The number of rotatable bonds is 3. The Bertz CT molecular complexity index is 694. The summed E-state index contributed by atoms with van der Waals surface area (Å²) in [5.74, 6) is -1.43. The Morgan fingerprint density at radius 2 is 2.00 bits per heavy atom. The number of carbonyl (C=O) groups excluding carboxylic acids is 1. The molecule has 0 unspecified atom stereocenters. The predicted molar refractivity (Wildman–Crippen MR) is 84.4 cm³/mol. The summed E-state index contributed by atoms with van der Waals surface area (Å²) in [4.78, 5) is 29.7. The number of benzene rings is 1. The fraction of sp³-hybridized carbons (Fsp3) is 0.353. The molecule has 6 nitrogen and oxygen atoms in total. The molecule has 1 aromatic carbocycles. The van der Waals surface area contributed by atoms with Crippen molar-refractivity contribution < 1.29 is 14.7 Å². The lowest BCUT2D eigenvalue weighted by atomic mass is 9.90. The van der Waals surface area contributed by atoms with Crippen LogP contribution in [0.4, 0.5) is 0 Å². The topological polar surface area (TPSA) is 75.4 Å². The maximum Gasteiger partial charge on any atom is 0.308 e. The summed E-state index contributed by atoms with van der Waals surface area (Å²) in [6.07, 6.45) is 6.57. The number of carboxylic acid groups (broad SMARTS) is 1. The highest BCUT2D eigenvalue weighted by molar-refractivity contribution is 5.95. The summed E-state index contributed by atoms with van der Waals surface area (Å²) in [6, 6.07) is 6.97. The van der Waals surface area contributed by atoms with Crippen molar-refractivity contribution in [2.24, 2.45) is 5.92 Å². The molecule has 1 aliphatic rings. The zero-order chi connectivity index (χ0) is 16.4. The summed E-state index contributed by atoms with van der Waals surface area (Å²) < 4.78 is 1.86. The number of nitrogens with zero attached hydrogens (tertiary/aromatic N) is 3. The zero-order valence-corrected chi connectivity index (χ0v) is 12.9. The number of aliphatic carboxylic acids is 1. The zero-order valence-electron chi connectivity index (χ0n) is 12.9. The van der Waals surface area contributed by atoms with Gasteiger partial charge in [-0.05, 0) is 44.0 Å². The molecule has 3 rings (SSSR count). The van der Waals surface area contributed by atoms with E-state index in [2.05, 4.69) is 4.98 Å². The van der Waals surface area contributed by atoms with Gasteiger partial charge in [0, 0.05) is 36.2 Å². The quantitative estimate of drug-likeness (QED) is 0.942. The van der Waals surface area contributed by atoms with Crippen molar-refractivity contribution in [3.05, 3.63) is 48.5 Å². The van der Waals surface area contributed by atoms with Gasteiger partial charge in [-0.2, -0.15) is 0 Å². The highest BCUT2D eigenvalue weighted by atomic mass is 16.4. The second-order valence-corrected chi connectivity index (χ2v) is 5.84. The molecule has 2 atom stereocenters. The molecular weight excluding hydrogens is 294 g/mol. The molecule has 1 aromatic heterocycles. The molecule has 23 heavy (non-hydrogen) atoms. The van der Waals surface area contributed by atoms with Crippen LogP contribution >= 0.6 is 0 Å². The van der Waals surface area contributed by atoms with Gasteiger partial charge in [-0.3, -0.25) is 9.59 Å². The molecule has 0 aliphatic carbocycles. The number of likely N-dealkylation sites (tertiary alicyclic amines) is 1. The van der Waals surface area contributed by atoms with Gasteiger partial charge in [-0.15, -0.1) is 0 Å². The number of carbonyl (C=O) groups is 2. The normalized spacial score (nSPS) is 21.2. The van der Waals surface area contributed by atoms with Gasteiger partial charge in [0.1, 0.15) is 0 Å². The minimum absolute atomic E-state index is 0.111. The first-order chi connectivity index (χ1) is 11.1. The number of amides is 1. The van der Waals surface area contributed by atoms with Crippen LogP contribution in [0.2, 0.25) is 0 Å². The molecule has 1 saturated heterocycles. The van der Waals surface area contributed by atoms with Crippen LogP contribution in [0.15, 0.2) is 43.0 Å².